The maximum Gasteiger partial charge on any atom is 0.214 e. The maximum atomic E-state index is 6.58. The van der Waals surface area contributed by atoms with E-state index in [1.807, 2.05) is 30.3 Å². The molecule has 1 atom stereocenters. The van der Waals surface area contributed by atoms with Crippen LogP contribution in [0.25, 0.3) is 5.69 Å². The van der Waals surface area contributed by atoms with Crippen LogP contribution in [0.1, 0.15) is 53.4 Å². The molecule has 0 bridgehead atoms. The Morgan fingerprint density at radius 2 is 1.85 bits per heavy atom. The van der Waals surface area contributed by atoms with Gasteiger partial charge in [0.05, 0.1) is 5.69 Å². The lowest BCUT2D eigenvalue weighted by Crippen LogP contribution is -2.43. The van der Waals surface area contributed by atoms with Crippen molar-refractivity contribution in [1.82, 2.24) is 20.2 Å². The van der Waals surface area contributed by atoms with Gasteiger partial charge in [0.1, 0.15) is 0 Å². The third-order valence-electron chi connectivity index (χ3n) is 5.32. The lowest BCUT2D eigenvalue weighted by molar-refractivity contribution is 0.164. The number of thioether (sulfide) groups is 1. The number of unbranched alkanes of at least 4 members (excludes halogenated alkanes) is 1. The summed E-state index contributed by atoms with van der Waals surface area (Å²) in [7, 11) is -1.68. The summed E-state index contributed by atoms with van der Waals surface area (Å²) >= 11 is 1.72. The smallest absolute Gasteiger partial charge is 0.214 e. The van der Waals surface area contributed by atoms with Crippen molar-refractivity contribution >= 4 is 20.1 Å². The van der Waals surface area contributed by atoms with E-state index in [4.69, 9.17) is 4.43 Å². The summed E-state index contributed by atoms with van der Waals surface area (Å²) in [5.74, 6) is 1.02. The van der Waals surface area contributed by atoms with Crippen LogP contribution in [0.5, 0.6) is 0 Å². The van der Waals surface area contributed by atoms with E-state index in [9.17, 15) is 0 Å². The van der Waals surface area contributed by atoms with Crippen LogP contribution in [-0.2, 0) is 4.43 Å². The normalized spacial score (nSPS) is 13.7. The Balaban J connectivity index is 1.77. The standard InChI is InChI=1S/C20H34N4OSSi/c1-7-18(25-27(5,6)20(2,3)4)15-11-12-16-26-19-21-22-23-24(19)17-13-9-8-10-14-17/h8-10,13-14,18H,7,11-12,15-16H2,1-6H3/t18-/m0/s1. The van der Waals surface area contributed by atoms with Crippen LogP contribution in [0.15, 0.2) is 35.5 Å². The third-order valence-corrected chi connectivity index (χ3v) is 10.9. The molecule has 0 unspecified atom stereocenters. The molecule has 0 saturated heterocycles. The van der Waals surface area contributed by atoms with Crippen LogP contribution in [-0.4, -0.2) is 40.4 Å². The number of benzene rings is 1. The molecule has 0 aliphatic heterocycles. The van der Waals surface area contributed by atoms with E-state index in [2.05, 4.69) is 56.3 Å². The Hall–Kier alpha value is -1.18. The van der Waals surface area contributed by atoms with Crippen LogP contribution in [0.4, 0.5) is 0 Å². The maximum absolute atomic E-state index is 6.58. The Bertz CT molecular complexity index is 685. The van der Waals surface area contributed by atoms with Crippen molar-refractivity contribution in [2.45, 2.75) is 82.8 Å². The molecule has 2 rings (SSSR count). The van der Waals surface area contributed by atoms with Gasteiger partial charge in [0.2, 0.25) is 5.16 Å². The average molecular weight is 407 g/mol. The van der Waals surface area contributed by atoms with Crippen LogP contribution in [0.2, 0.25) is 18.1 Å². The first-order valence-electron chi connectivity index (χ1n) is 9.89. The monoisotopic (exact) mass is 406 g/mol. The van der Waals surface area contributed by atoms with Crippen molar-refractivity contribution < 1.29 is 4.43 Å². The summed E-state index contributed by atoms with van der Waals surface area (Å²) in [6.45, 7) is 13.8. The first kappa shape index (κ1) is 22.1. The van der Waals surface area contributed by atoms with Gasteiger partial charge in [0, 0.05) is 11.9 Å². The summed E-state index contributed by atoms with van der Waals surface area (Å²) in [5, 5.41) is 13.2. The SMILES string of the molecule is CC[C@@H](CCCCSc1nnnn1-c1ccccc1)O[Si](C)(C)C(C)(C)C. The molecule has 0 radical (unpaired) electrons. The molecule has 0 N–H and O–H groups in total. The first-order chi connectivity index (χ1) is 12.7. The molecule has 1 aromatic carbocycles. The van der Waals surface area contributed by atoms with Crippen LogP contribution in [0.3, 0.4) is 0 Å². The summed E-state index contributed by atoms with van der Waals surface area (Å²) in [6.07, 6.45) is 4.92. The van der Waals surface area contributed by atoms with Gasteiger partial charge >= 0.3 is 0 Å². The molecule has 1 aromatic heterocycles. The van der Waals surface area contributed by atoms with Gasteiger partial charge in [-0.1, -0.05) is 64.1 Å². The second-order valence-corrected chi connectivity index (χ2v) is 14.3. The number of tetrazole rings is 1. The second kappa shape index (κ2) is 9.84. The molecule has 0 fully saturated rings. The molecule has 7 heteroatoms. The predicted octanol–water partition coefficient (Wildman–Crippen LogP) is 5.73. The summed E-state index contributed by atoms with van der Waals surface area (Å²) < 4.78 is 8.38. The van der Waals surface area contributed by atoms with Crippen LogP contribution >= 0.6 is 11.8 Å². The molecule has 2 aromatic rings. The molecule has 0 spiro atoms. The Morgan fingerprint density at radius 1 is 1.15 bits per heavy atom. The van der Waals surface area contributed by atoms with E-state index < -0.39 is 8.32 Å². The van der Waals surface area contributed by atoms with Crippen molar-refractivity contribution in [2.75, 3.05) is 5.75 Å². The van der Waals surface area contributed by atoms with Crippen molar-refractivity contribution in [3.63, 3.8) is 0 Å². The fourth-order valence-electron chi connectivity index (χ4n) is 2.58. The number of nitrogens with zero attached hydrogens (tertiary/aromatic N) is 4. The van der Waals surface area contributed by atoms with Gasteiger partial charge in [-0.15, -0.1) is 5.10 Å². The average Bonchev–Trinajstić information content (AvgIpc) is 3.08. The van der Waals surface area contributed by atoms with E-state index in [0.29, 0.717) is 6.10 Å². The van der Waals surface area contributed by atoms with Gasteiger partial charge in [0.15, 0.2) is 8.32 Å². The molecule has 0 aliphatic rings. The number of hydrogen-bond acceptors (Lipinski definition) is 5. The molecule has 0 saturated carbocycles. The molecular weight excluding hydrogens is 372 g/mol. The highest BCUT2D eigenvalue weighted by atomic mass is 32.2. The Morgan fingerprint density at radius 3 is 2.48 bits per heavy atom. The Labute approximate surface area is 169 Å². The quantitative estimate of drug-likeness (QED) is 0.287. The highest BCUT2D eigenvalue weighted by Crippen LogP contribution is 2.38. The van der Waals surface area contributed by atoms with Crippen molar-refractivity contribution in [3.05, 3.63) is 30.3 Å². The number of rotatable bonds is 10. The van der Waals surface area contributed by atoms with Gasteiger partial charge in [-0.3, -0.25) is 0 Å². The number of aromatic nitrogens is 4. The van der Waals surface area contributed by atoms with Gasteiger partial charge in [-0.05, 0) is 60.0 Å². The first-order valence-corrected chi connectivity index (χ1v) is 13.8. The lowest BCUT2D eigenvalue weighted by atomic mass is 10.1. The third kappa shape index (κ3) is 6.43. The van der Waals surface area contributed by atoms with E-state index >= 15 is 0 Å². The highest BCUT2D eigenvalue weighted by molar-refractivity contribution is 7.99. The largest absolute Gasteiger partial charge is 0.414 e. The Kier molecular flexibility index (Phi) is 8.06. The van der Waals surface area contributed by atoms with Gasteiger partial charge in [-0.25, -0.2) is 0 Å². The van der Waals surface area contributed by atoms with Crippen LogP contribution in [0, 0.1) is 0 Å². The van der Waals surface area contributed by atoms with Crippen LogP contribution < -0.4 is 0 Å². The van der Waals surface area contributed by atoms with Crippen molar-refractivity contribution in [2.24, 2.45) is 0 Å². The van der Waals surface area contributed by atoms with Gasteiger partial charge in [-0.2, -0.15) is 4.68 Å². The fraction of sp³-hybridized carbons (Fsp3) is 0.650. The zero-order valence-corrected chi connectivity index (χ0v) is 19.4. The number of hydrogen-bond donors (Lipinski definition) is 0. The summed E-state index contributed by atoms with van der Waals surface area (Å²) in [4.78, 5) is 0. The van der Waals surface area contributed by atoms with Crippen molar-refractivity contribution in [3.8, 4) is 5.69 Å². The molecule has 150 valence electrons. The zero-order chi connectivity index (χ0) is 19.9. The highest BCUT2D eigenvalue weighted by Gasteiger charge is 2.38. The molecule has 0 amide bonds. The topological polar surface area (TPSA) is 52.8 Å². The van der Waals surface area contributed by atoms with E-state index in [1.165, 1.54) is 6.42 Å². The molecule has 27 heavy (non-hydrogen) atoms. The summed E-state index contributed by atoms with van der Waals surface area (Å²) in [5.41, 5.74) is 0.999. The lowest BCUT2D eigenvalue weighted by Gasteiger charge is -2.39. The minimum atomic E-state index is -1.68. The molecule has 5 nitrogen and oxygen atoms in total. The minimum Gasteiger partial charge on any atom is -0.414 e. The van der Waals surface area contributed by atoms with E-state index in [-0.39, 0.29) is 5.04 Å². The molecular formula is C20H34N4OSSi. The second-order valence-electron chi connectivity index (χ2n) is 8.46. The van der Waals surface area contributed by atoms with Gasteiger partial charge < -0.3 is 4.43 Å². The molecule has 0 aliphatic carbocycles. The predicted molar refractivity (Wildman–Crippen MR) is 116 cm³/mol. The van der Waals surface area contributed by atoms with E-state index in [0.717, 1.165) is 35.9 Å². The summed E-state index contributed by atoms with van der Waals surface area (Å²) in [6, 6.07) is 10.0. The zero-order valence-electron chi connectivity index (χ0n) is 17.6. The fourth-order valence-corrected chi connectivity index (χ4v) is 4.94. The minimum absolute atomic E-state index is 0.269. The van der Waals surface area contributed by atoms with E-state index in [1.54, 1.807) is 16.4 Å². The number of para-hydroxylation sites is 1. The van der Waals surface area contributed by atoms with Crippen molar-refractivity contribution in [1.29, 1.82) is 0 Å². The van der Waals surface area contributed by atoms with Gasteiger partial charge in [0.25, 0.3) is 0 Å². The molecule has 1 heterocycles.